The second-order valence-electron chi connectivity index (χ2n) is 7.36. The molecule has 0 aromatic heterocycles. The standard InChI is InChI=1S/C16H27ClF2N2O3/c1-11(17)6-5-7-13(22)20-12-8-16(18,19)10-21(9-12)14(23)24-15(2,3)4/h11-12H,5-10H2,1-4H3,(H,20,22)/t11?,12-/m1/s1. The molecule has 8 heteroatoms. The van der Waals surface area contributed by atoms with Crippen molar-refractivity contribution in [2.24, 2.45) is 0 Å². The molecule has 1 aliphatic rings. The summed E-state index contributed by atoms with van der Waals surface area (Å²) in [6, 6.07) is -0.790. The van der Waals surface area contributed by atoms with Crippen LogP contribution >= 0.6 is 11.6 Å². The number of carbonyl (C=O) groups excluding carboxylic acids is 2. The van der Waals surface area contributed by atoms with Crippen LogP contribution in [0, 0.1) is 0 Å². The van der Waals surface area contributed by atoms with E-state index in [9.17, 15) is 18.4 Å². The van der Waals surface area contributed by atoms with Gasteiger partial charge in [0.1, 0.15) is 5.60 Å². The molecule has 1 aliphatic heterocycles. The summed E-state index contributed by atoms with van der Waals surface area (Å²) in [6.07, 6.45) is 0.224. The van der Waals surface area contributed by atoms with Crippen LogP contribution in [-0.2, 0) is 9.53 Å². The average molecular weight is 369 g/mol. The van der Waals surface area contributed by atoms with E-state index in [4.69, 9.17) is 16.3 Å². The van der Waals surface area contributed by atoms with Gasteiger partial charge in [0.25, 0.3) is 5.92 Å². The maximum atomic E-state index is 13.9. The van der Waals surface area contributed by atoms with Gasteiger partial charge in [-0.1, -0.05) is 0 Å². The van der Waals surface area contributed by atoms with Crippen LogP contribution in [0.3, 0.4) is 0 Å². The lowest BCUT2D eigenvalue weighted by Crippen LogP contribution is -2.57. The average Bonchev–Trinajstić information content (AvgIpc) is 2.33. The Hall–Kier alpha value is -1.11. The van der Waals surface area contributed by atoms with Crippen molar-refractivity contribution in [1.82, 2.24) is 10.2 Å². The minimum Gasteiger partial charge on any atom is -0.444 e. The van der Waals surface area contributed by atoms with Crippen LogP contribution in [0.5, 0.6) is 0 Å². The SMILES string of the molecule is CC(Cl)CCCC(=O)N[C@H]1CN(C(=O)OC(C)(C)C)CC(F)(F)C1. The normalized spacial score (nSPS) is 22.0. The van der Waals surface area contributed by atoms with Gasteiger partial charge in [0.2, 0.25) is 5.91 Å². The second kappa shape index (κ2) is 8.32. The van der Waals surface area contributed by atoms with E-state index in [1.54, 1.807) is 20.8 Å². The largest absolute Gasteiger partial charge is 0.444 e. The number of nitrogens with zero attached hydrogens (tertiary/aromatic N) is 1. The third-order valence-corrected chi connectivity index (χ3v) is 3.65. The van der Waals surface area contributed by atoms with Crippen LogP contribution in [0.25, 0.3) is 0 Å². The fraction of sp³-hybridized carbons (Fsp3) is 0.875. The molecular formula is C16H27ClF2N2O3. The Morgan fingerprint density at radius 1 is 1.42 bits per heavy atom. The number of ether oxygens (including phenoxy) is 1. The lowest BCUT2D eigenvalue weighted by Gasteiger charge is -2.38. The monoisotopic (exact) mass is 368 g/mol. The summed E-state index contributed by atoms with van der Waals surface area (Å²) >= 11 is 5.81. The molecule has 2 atom stereocenters. The molecule has 0 bridgehead atoms. The molecule has 1 rings (SSSR count). The number of rotatable bonds is 5. The first-order valence-electron chi connectivity index (χ1n) is 8.17. The predicted octanol–water partition coefficient (Wildman–Crippen LogP) is 3.54. The Bertz CT molecular complexity index is 453. The first-order valence-corrected chi connectivity index (χ1v) is 8.61. The van der Waals surface area contributed by atoms with Crippen molar-refractivity contribution in [2.75, 3.05) is 13.1 Å². The number of amides is 2. The highest BCUT2D eigenvalue weighted by Gasteiger charge is 2.43. The summed E-state index contributed by atoms with van der Waals surface area (Å²) in [4.78, 5) is 24.9. The molecule has 140 valence electrons. The maximum absolute atomic E-state index is 13.9. The summed E-state index contributed by atoms with van der Waals surface area (Å²) in [5, 5.41) is 2.56. The number of halogens is 3. The third kappa shape index (κ3) is 8.13. The number of piperidine rings is 1. The zero-order valence-corrected chi connectivity index (χ0v) is 15.5. The van der Waals surface area contributed by atoms with E-state index in [1.807, 2.05) is 6.92 Å². The first kappa shape index (κ1) is 20.9. The molecule has 1 N–H and O–H groups in total. The maximum Gasteiger partial charge on any atom is 0.410 e. The molecule has 5 nitrogen and oxygen atoms in total. The van der Waals surface area contributed by atoms with Gasteiger partial charge in [0, 0.05) is 24.8 Å². The van der Waals surface area contributed by atoms with E-state index in [0.29, 0.717) is 12.8 Å². The summed E-state index contributed by atoms with van der Waals surface area (Å²) in [5.74, 6) is -3.36. The molecule has 2 amide bonds. The van der Waals surface area contributed by atoms with Crippen molar-refractivity contribution in [2.45, 2.75) is 76.3 Å². The highest BCUT2D eigenvalue weighted by Crippen LogP contribution is 2.28. The molecule has 0 radical (unpaired) electrons. The van der Waals surface area contributed by atoms with Gasteiger partial charge in [0.05, 0.1) is 12.6 Å². The Labute approximate surface area is 147 Å². The highest BCUT2D eigenvalue weighted by atomic mass is 35.5. The van der Waals surface area contributed by atoms with Gasteiger partial charge in [-0.05, 0) is 40.5 Å². The molecule has 24 heavy (non-hydrogen) atoms. The number of nitrogens with one attached hydrogen (secondary N) is 1. The van der Waals surface area contributed by atoms with Crippen LogP contribution in [-0.4, -0.2) is 52.9 Å². The van der Waals surface area contributed by atoms with Crippen LogP contribution in [0.4, 0.5) is 13.6 Å². The third-order valence-electron chi connectivity index (χ3n) is 3.43. The van der Waals surface area contributed by atoms with E-state index in [-0.39, 0.29) is 24.2 Å². The van der Waals surface area contributed by atoms with Gasteiger partial charge in [-0.25, -0.2) is 13.6 Å². The van der Waals surface area contributed by atoms with E-state index < -0.39 is 36.6 Å². The molecule has 0 aromatic rings. The number of carbonyl (C=O) groups is 2. The van der Waals surface area contributed by atoms with Crippen molar-refractivity contribution < 1.29 is 23.1 Å². The van der Waals surface area contributed by atoms with Crippen molar-refractivity contribution in [1.29, 1.82) is 0 Å². The quantitative estimate of drug-likeness (QED) is 0.755. The van der Waals surface area contributed by atoms with Crippen molar-refractivity contribution in [3.8, 4) is 0 Å². The summed E-state index contributed by atoms with van der Waals surface area (Å²) in [7, 11) is 0. The Morgan fingerprint density at radius 3 is 2.58 bits per heavy atom. The fourth-order valence-electron chi connectivity index (χ4n) is 2.51. The molecule has 1 saturated heterocycles. The molecule has 1 fully saturated rings. The molecule has 1 heterocycles. The van der Waals surface area contributed by atoms with E-state index in [0.717, 1.165) is 4.90 Å². The minimum absolute atomic E-state index is 0.0160. The van der Waals surface area contributed by atoms with Crippen LogP contribution < -0.4 is 5.32 Å². The molecule has 0 aromatic carbocycles. The second-order valence-corrected chi connectivity index (χ2v) is 8.10. The number of likely N-dealkylation sites (tertiary alicyclic amines) is 1. The zero-order valence-electron chi connectivity index (χ0n) is 14.7. The minimum atomic E-state index is -3.06. The lowest BCUT2D eigenvalue weighted by molar-refractivity contribution is -0.124. The summed E-state index contributed by atoms with van der Waals surface area (Å²) in [6.45, 7) is 6.17. The van der Waals surface area contributed by atoms with E-state index in [1.165, 1.54) is 0 Å². The fourth-order valence-corrected chi connectivity index (χ4v) is 2.66. The zero-order chi connectivity index (χ0) is 18.5. The molecular weight excluding hydrogens is 342 g/mol. The van der Waals surface area contributed by atoms with Gasteiger partial charge >= 0.3 is 6.09 Å². The smallest absolute Gasteiger partial charge is 0.410 e. The van der Waals surface area contributed by atoms with Crippen LogP contribution in [0.2, 0.25) is 0 Å². The first-order chi connectivity index (χ1) is 10.9. The van der Waals surface area contributed by atoms with Crippen molar-refractivity contribution >= 4 is 23.6 Å². The lowest BCUT2D eigenvalue weighted by atomic mass is 10.0. The predicted molar refractivity (Wildman–Crippen MR) is 88.5 cm³/mol. The van der Waals surface area contributed by atoms with Gasteiger partial charge in [-0.3, -0.25) is 4.79 Å². The molecule has 0 spiro atoms. The van der Waals surface area contributed by atoms with Gasteiger partial charge in [-0.15, -0.1) is 11.6 Å². The van der Waals surface area contributed by atoms with E-state index in [2.05, 4.69) is 5.32 Å². The Morgan fingerprint density at radius 2 is 2.04 bits per heavy atom. The summed E-state index contributed by atoms with van der Waals surface area (Å²) in [5.41, 5.74) is -0.763. The van der Waals surface area contributed by atoms with Crippen molar-refractivity contribution in [3.05, 3.63) is 0 Å². The van der Waals surface area contributed by atoms with E-state index >= 15 is 0 Å². The number of hydrogen-bond acceptors (Lipinski definition) is 3. The molecule has 1 unspecified atom stereocenters. The van der Waals surface area contributed by atoms with Gasteiger partial charge in [0.15, 0.2) is 0 Å². The van der Waals surface area contributed by atoms with Gasteiger partial charge < -0.3 is 15.0 Å². The van der Waals surface area contributed by atoms with Gasteiger partial charge in [-0.2, -0.15) is 0 Å². The molecule has 0 saturated carbocycles. The van der Waals surface area contributed by atoms with Crippen molar-refractivity contribution in [3.63, 3.8) is 0 Å². The van der Waals surface area contributed by atoms with Crippen LogP contribution in [0.15, 0.2) is 0 Å². The highest BCUT2D eigenvalue weighted by molar-refractivity contribution is 6.20. The number of hydrogen-bond donors (Lipinski definition) is 1. The topological polar surface area (TPSA) is 58.6 Å². The molecule has 0 aliphatic carbocycles. The number of alkyl halides is 3. The Kier molecular flexibility index (Phi) is 7.25. The van der Waals surface area contributed by atoms with Crippen LogP contribution in [0.1, 0.15) is 53.4 Å². The summed E-state index contributed by atoms with van der Waals surface area (Å²) < 4.78 is 32.9. The Balaban J connectivity index is 2.58.